The zero-order chi connectivity index (χ0) is 16.3. The second-order valence-electron chi connectivity index (χ2n) is 5.00. The molecular formula is C15H14F3N3O. The number of hydrogen-bond donors (Lipinski definition) is 1. The molecule has 1 amide bonds. The standard InChI is InChI=1S/C15H14F3N3O/c1-9(2)11-7-8-13(21-20-11)14(22)19-12-6-4-3-5-10(12)15(16,17)18/h3-9H,1-2H3,(H,19,22). The lowest BCUT2D eigenvalue weighted by molar-refractivity contribution is -0.136. The first kappa shape index (κ1) is 15.9. The normalized spacial score (nSPS) is 11.5. The van der Waals surface area contributed by atoms with Crippen molar-refractivity contribution in [2.24, 2.45) is 0 Å². The van der Waals surface area contributed by atoms with E-state index in [4.69, 9.17) is 0 Å². The number of alkyl halides is 3. The summed E-state index contributed by atoms with van der Waals surface area (Å²) in [5.74, 6) is -0.588. The monoisotopic (exact) mass is 309 g/mol. The van der Waals surface area contributed by atoms with Gasteiger partial charge in [-0.3, -0.25) is 4.79 Å². The number of nitrogens with one attached hydrogen (secondary N) is 1. The van der Waals surface area contributed by atoms with E-state index in [9.17, 15) is 18.0 Å². The van der Waals surface area contributed by atoms with Crippen LogP contribution in [0.2, 0.25) is 0 Å². The summed E-state index contributed by atoms with van der Waals surface area (Å²) in [6.45, 7) is 3.84. The van der Waals surface area contributed by atoms with E-state index in [1.807, 2.05) is 13.8 Å². The number of benzene rings is 1. The molecule has 0 fully saturated rings. The number of amides is 1. The Hall–Kier alpha value is -2.44. The molecular weight excluding hydrogens is 295 g/mol. The Morgan fingerprint density at radius 2 is 1.77 bits per heavy atom. The molecule has 0 saturated heterocycles. The SMILES string of the molecule is CC(C)c1ccc(C(=O)Nc2ccccc2C(F)(F)F)nn1. The first-order valence-electron chi connectivity index (χ1n) is 6.60. The Balaban J connectivity index is 2.22. The first-order valence-corrected chi connectivity index (χ1v) is 6.60. The van der Waals surface area contributed by atoms with Crippen molar-refractivity contribution in [3.05, 3.63) is 53.3 Å². The number of rotatable bonds is 3. The average molecular weight is 309 g/mol. The summed E-state index contributed by atoms with van der Waals surface area (Å²) in [7, 11) is 0. The van der Waals surface area contributed by atoms with Gasteiger partial charge in [0.15, 0.2) is 5.69 Å². The van der Waals surface area contributed by atoms with Crippen molar-refractivity contribution in [3.8, 4) is 0 Å². The van der Waals surface area contributed by atoms with Gasteiger partial charge in [0.1, 0.15) is 0 Å². The minimum atomic E-state index is -4.54. The topological polar surface area (TPSA) is 54.9 Å². The van der Waals surface area contributed by atoms with Crippen LogP contribution in [0.1, 0.15) is 41.5 Å². The molecule has 1 aromatic heterocycles. The summed E-state index contributed by atoms with van der Waals surface area (Å²) in [6, 6.07) is 7.84. The van der Waals surface area contributed by atoms with Crippen molar-refractivity contribution in [1.29, 1.82) is 0 Å². The Kier molecular flexibility index (Phi) is 4.44. The molecule has 0 spiro atoms. The van der Waals surface area contributed by atoms with Crippen LogP contribution >= 0.6 is 0 Å². The van der Waals surface area contributed by atoms with Crippen LogP contribution in [-0.2, 0) is 6.18 Å². The van der Waals surface area contributed by atoms with Crippen molar-refractivity contribution in [1.82, 2.24) is 10.2 Å². The van der Waals surface area contributed by atoms with Crippen LogP contribution in [0.3, 0.4) is 0 Å². The highest BCUT2D eigenvalue weighted by molar-refractivity contribution is 6.03. The summed E-state index contributed by atoms with van der Waals surface area (Å²) >= 11 is 0. The largest absolute Gasteiger partial charge is 0.418 e. The quantitative estimate of drug-likeness (QED) is 0.936. The fourth-order valence-corrected chi connectivity index (χ4v) is 1.80. The lowest BCUT2D eigenvalue weighted by Gasteiger charge is -2.13. The second-order valence-corrected chi connectivity index (χ2v) is 5.00. The molecule has 1 heterocycles. The maximum atomic E-state index is 12.9. The van der Waals surface area contributed by atoms with E-state index in [0.717, 1.165) is 6.07 Å². The van der Waals surface area contributed by atoms with Gasteiger partial charge >= 0.3 is 6.18 Å². The Bertz CT molecular complexity index is 666. The summed E-state index contributed by atoms with van der Waals surface area (Å²) in [5, 5.41) is 9.84. The molecule has 7 heteroatoms. The lowest BCUT2D eigenvalue weighted by atomic mass is 10.1. The highest BCUT2D eigenvalue weighted by Gasteiger charge is 2.33. The van der Waals surface area contributed by atoms with E-state index in [1.54, 1.807) is 6.07 Å². The summed E-state index contributed by atoms with van der Waals surface area (Å²) in [5.41, 5.74) is -0.557. The van der Waals surface area contributed by atoms with E-state index in [-0.39, 0.29) is 17.3 Å². The van der Waals surface area contributed by atoms with Crippen LogP contribution in [0.15, 0.2) is 36.4 Å². The average Bonchev–Trinajstić information content (AvgIpc) is 2.46. The zero-order valence-corrected chi connectivity index (χ0v) is 12.0. The van der Waals surface area contributed by atoms with Gasteiger partial charge in [0, 0.05) is 0 Å². The first-order chi connectivity index (χ1) is 10.3. The van der Waals surface area contributed by atoms with Crippen LogP contribution in [-0.4, -0.2) is 16.1 Å². The minimum absolute atomic E-state index is 0.0404. The number of para-hydroxylation sites is 1. The van der Waals surface area contributed by atoms with E-state index >= 15 is 0 Å². The molecule has 22 heavy (non-hydrogen) atoms. The lowest BCUT2D eigenvalue weighted by Crippen LogP contribution is -2.18. The van der Waals surface area contributed by atoms with E-state index in [1.165, 1.54) is 24.3 Å². The molecule has 0 atom stereocenters. The molecule has 0 bridgehead atoms. The zero-order valence-electron chi connectivity index (χ0n) is 12.0. The smallest absolute Gasteiger partial charge is 0.320 e. The second kappa shape index (κ2) is 6.13. The van der Waals surface area contributed by atoms with Gasteiger partial charge in [-0.25, -0.2) is 0 Å². The summed E-state index contributed by atoms with van der Waals surface area (Å²) < 4.78 is 38.6. The van der Waals surface area contributed by atoms with Crippen molar-refractivity contribution in [2.75, 3.05) is 5.32 Å². The molecule has 4 nitrogen and oxygen atoms in total. The van der Waals surface area contributed by atoms with Gasteiger partial charge in [0.25, 0.3) is 5.91 Å². The van der Waals surface area contributed by atoms with Crippen molar-refractivity contribution in [2.45, 2.75) is 25.9 Å². The number of nitrogens with zero attached hydrogens (tertiary/aromatic N) is 2. The van der Waals surface area contributed by atoms with Crippen LogP contribution in [0, 0.1) is 0 Å². The predicted octanol–water partition coefficient (Wildman–Crippen LogP) is 3.87. The van der Waals surface area contributed by atoms with Crippen LogP contribution in [0.4, 0.5) is 18.9 Å². The number of hydrogen-bond acceptors (Lipinski definition) is 3. The maximum absolute atomic E-state index is 12.9. The van der Waals surface area contributed by atoms with Gasteiger partial charge in [-0.05, 0) is 30.2 Å². The Morgan fingerprint density at radius 1 is 1.09 bits per heavy atom. The van der Waals surface area contributed by atoms with E-state index < -0.39 is 17.6 Å². The molecule has 1 aromatic carbocycles. The van der Waals surface area contributed by atoms with Gasteiger partial charge in [-0.2, -0.15) is 18.3 Å². The third kappa shape index (κ3) is 3.60. The molecule has 2 rings (SSSR count). The Labute approximate surface area is 125 Å². The minimum Gasteiger partial charge on any atom is -0.320 e. The van der Waals surface area contributed by atoms with Gasteiger partial charge < -0.3 is 5.32 Å². The number of carbonyl (C=O) groups is 1. The summed E-state index contributed by atoms with van der Waals surface area (Å²) in [4.78, 5) is 12.0. The molecule has 2 aromatic rings. The van der Waals surface area contributed by atoms with Gasteiger partial charge in [-0.15, -0.1) is 5.10 Å². The van der Waals surface area contributed by atoms with E-state index in [2.05, 4.69) is 15.5 Å². The molecule has 1 N–H and O–H groups in total. The number of halogens is 3. The number of carbonyl (C=O) groups excluding carboxylic acids is 1. The third-order valence-corrected chi connectivity index (χ3v) is 2.99. The molecule has 0 saturated carbocycles. The van der Waals surface area contributed by atoms with Gasteiger partial charge in [-0.1, -0.05) is 26.0 Å². The maximum Gasteiger partial charge on any atom is 0.418 e. The third-order valence-electron chi connectivity index (χ3n) is 2.99. The van der Waals surface area contributed by atoms with Crippen molar-refractivity contribution >= 4 is 11.6 Å². The number of aromatic nitrogens is 2. The molecule has 116 valence electrons. The fourth-order valence-electron chi connectivity index (χ4n) is 1.80. The van der Waals surface area contributed by atoms with Crippen LogP contribution in [0.25, 0.3) is 0 Å². The van der Waals surface area contributed by atoms with Crippen molar-refractivity contribution < 1.29 is 18.0 Å². The highest BCUT2D eigenvalue weighted by Crippen LogP contribution is 2.34. The van der Waals surface area contributed by atoms with Crippen molar-refractivity contribution in [3.63, 3.8) is 0 Å². The Morgan fingerprint density at radius 3 is 2.32 bits per heavy atom. The molecule has 0 aliphatic heterocycles. The predicted molar refractivity (Wildman–Crippen MR) is 75.5 cm³/mol. The van der Waals surface area contributed by atoms with Crippen LogP contribution in [0.5, 0.6) is 0 Å². The van der Waals surface area contributed by atoms with E-state index in [0.29, 0.717) is 5.69 Å². The fraction of sp³-hybridized carbons (Fsp3) is 0.267. The summed E-state index contributed by atoms with van der Waals surface area (Å²) in [6.07, 6.45) is -4.54. The molecule has 0 aliphatic rings. The van der Waals surface area contributed by atoms with Gasteiger partial charge in [0.05, 0.1) is 16.9 Å². The van der Waals surface area contributed by atoms with Crippen LogP contribution < -0.4 is 5.32 Å². The highest BCUT2D eigenvalue weighted by atomic mass is 19.4. The number of anilines is 1. The van der Waals surface area contributed by atoms with Gasteiger partial charge in [0.2, 0.25) is 0 Å². The molecule has 0 aliphatic carbocycles. The molecule has 0 radical (unpaired) electrons. The molecule has 0 unspecified atom stereocenters.